The summed E-state index contributed by atoms with van der Waals surface area (Å²) in [4.78, 5) is 35.1. The first kappa shape index (κ1) is 23.5. The molecule has 0 aliphatic carbocycles. The van der Waals surface area contributed by atoms with E-state index in [1.807, 2.05) is 26.0 Å². The number of ketones is 2. The van der Waals surface area contributed by atoms with E-state index in [1.165, 1.54) is 5.56 Å². The Balaban J connectivity index is 1.96. The van der Waals surface area contributed by atoms with Crippen molar-refractivity contribution in [3.05, 3.63) is 46.6 Å². The Labute approximate surface area is 200 Å². The average molecular weight is 461 g/mol. The molecule has 0 amide bonds. The van der Waals surface area contributed by atoms with E-state index in [0.717, 1.165) is 58.3 Å². The predicted molar refractivity (Wildman–Crippen MR) is 139 cm³/mol. The van der Waals surface area contributed by atoms with Gasteiger partial charge in [-0.15, -0.1) is 11.3 Å². The van der Waals surface area contributed by atoms with Crippen LogP contribution in [0.3, 0.4) is 0 Å². The second kappa shape index (κ2) is 9.30. The minimum Gasteiger partial charge on any atom is -0.292 e. The first-order valence-corrected chi connectivity index (χ1v) is 12.9. The molecule has 1 unspecified atom stereocenters. The quantitative estimate of drug-likeness (QED) is 0.303. The molecule has 0 radical (unpaired) electrons. The number of nitrogens with zero attached hydrogens (tertiary/aromatic N) is 2. The molecule has 1 atom stereocenters. The van der Waals surface area contributed by atoms with Gasteiger partial charge in [-0.3, -0.25) is 14.6 Å². The summed E-state index contributed by atoms with van der Waals surface area (Å²) in [7, 11) is 0. The molecule has 5 heteroatoms. The van der Waals surface area contributed by atoms with Crippen LogP contribution >= 0.6 is 11.3 Å². The number of hydrogen-bond donors (Lipinski definition) is 0. The van der Waals surface area contributed by atoms with Crippen molar-refractivity contribution in [2.24, 2.45) is 4.99 Å². The van der Waals surface area contributed by atoms with Crippen LogP contribution in [0.15, 0.2) is 34.6 Å². The van der Waals surface area contributed by atoms with Crippen LogP contribution in [0.4, 0.5) is 5.69 Å². The zero-order chi connectivity index (χ0) is 23.8. The van der Waals surface area contributed by atoms with Crippen molar-refractivity contribution in [2.75, 3.05) is 0 Å². The molecule has 4 nitrogen and oxygen atoms in total. The molecule has 0 saturated carbocycles. The van der Waals surface area contributed by atoms with Gasteiger partial charge < -0.3 is 0 Å². The number of Topliss-reactive ketones (excluding diaryl/α,β-unsaturated/α-hetero) is 2. The van der Waals surface area contributed by atoms with Crippen LogP contribution in [-0.2, 0) is 5.41 Å². The highest BCUT2D eigenvalue weighted by molar-refractivity contribution is 7.17. The number of thiophene rings is 1. The van der Waals surface area contributed by atoms with Crippen molar-refractivity contribution in [3.8, 4) is 11.1 Å². The lowest BCUT2D eigenvalue weighted by Crippen LogP contribution is -2.27. The van der Waals surface area contributed by atoms with Gasteiger partial charge in [0.15, 0.2) is 11.6 Å². The lowest BCUT2D eigenvalue weighted by Gasteiger charge is -2.26. The van der Waals surface area contributed by atoms with E-state index < -0.39 is 0 Å². The minimum absolute atomic E-state index is 0.0107. The van der Waals surface area contributed by atoms with Crippen molar-refractivity contribution in [2.45, 2.75) is 78.6 Å². The van der Waals surface area contributed by atoms with Crippen LogP contribution in [0.2, 0.25) is 0 Å². The van der Waals surface area contributed by atoms with Crippen molar-refractivity contribution >= 4 is 44.4 Å². The zero-order valence-corrected chi connectivity index (χ0v) is 21.1. The van der Waals surface area contributed by atoms with Gasteiger partial charge in [-0.25, -0.2) is 4.98 Å². The fraction of sp³-hybridized carbons (Fsp3) is 0.429. The summed E-state index contributed by atoms with van der Waals surface area (Å²) in [6, 6.07) is 8.15. The molecule has 0 saturated heterocycles. The van der Waals surface area contributed by atoms with Crippen molar-refractivity contribution < 1.29 is 9.59 Å². The van der Waals surface area contributed by atoms with E-state index in [-0.39, 0.29) is 17.0 Å². The molecule has 172 valence electrons. The standard InChI is InChI=1S/C28H32N2O2S/c1-6-9-24(31)22-14-18(15-23(30-22)25(32)10-7-2)20-16-21-26(19-11-13-33-27(19)20)29-17(4)28(21,5)12-8-3/h11,13-16H,6-10,12H2,1-5H3. The number of benzene rings is 1. The monoisotopic (exact) mass is 460 g/mol. The average Bonchev–Trinajstić information content (AvgIpc) is 3.37. The van der Waals surface area contributed by atoms with Gasteiger partial charge in [-0.1, -0.05) is 34.1 Å². The van der Waals surface area contributed by atoms with Crippen LogP contribution in [0.1, 0.15) is 99.7 Å². The number of aromatic nitrogens is 1. The molecule has 3 heterocycles. The third-order valence-electron chi connectivity index (χ3n) is 6.79. The third kappa shape index (κ3) is 4.08. The lowest BCUT2D eigenvalue weighted by atomic mass is 9.75. The second-order valence-electron chi connectivity index (χ2n) is 9.24. The molecular weight excluding hydrogens is 428 g/mol. The van der Waals surface area contributed by atoms with Crippen LogP contribution in [0.5, 0.6) is 0 Å². The van der Waals surface area contributed by atoms with Crippen LogP contribution < -0.4 is 0 Å². The summed E-state index contributed by atoms with van der Waals surface area (Å²) in [5.74, 6) is -0.0213. The number of aliphatic imine (C=N–C) groups is 1. The molecule has 33 heavy (non-hydrogen) atoms. The SMILES string of the molecule is CCCC(=O)c1cc(-c2cc3c(c4ccsc24)N=C(C)C3(C)CCC)cc(C(=O)CCC)n1. The minimum atomic E-state index is -0.107. The lowest BCUT2D eigenvalue weighted by molar-refractivity contribution is 0.0973. The van der Waals surface area contributed by atoms with Crippen molar-refractivity contribution in [1.29, 1.82) is 0 Å². The Kier molecular flexibility index (Phi) is 6.62. The van der Waals surface area contributed by atoms with Crippen molar-refractivity contribution in [3.63, 3.8) is 0 Å². The molecule has 0 N–H and O–H groups in total. The molecule has 0 bridgehead atoms. The summed E-state index contributed by atoms with van der Waals surface area (Å²) in [6.07, 6.45) is 4.46. The molecule has 0 spiro atoms. The van der Waals surface area contributed by atoms with Gasteiger partial charge in [0.2, 0.25) is 0 Å². The van der Waals surface area contributed by atoms with Gasteiger partial charge in [0.1, 0.15) is 11.4 Å². The molecule has 1 aliphatic rings. The van der Waals surface area contributed by atoms with Gasteiger partial charge in [-0.2, -0.15) is 0 Å². The molecule has 1 aliphatic heterocycles. The summed E-state index contributed by atoms with van der Waals surface area (Å²) in [5, 5.41) is 3.24. The number of pyridine rings is 1. The van der Waals surface area contributed by atoms with Crippen LogP contribution in [-0.4, -0.2) is 22.3 Å². The summed E-state index contributed by atoms with van der Waals surface area (Å²) in [5.41, 5.74) is 6.09. The van der Waals surface area contributed by atoms with E-state index >= 15 is 0 Å². The highest BCUT2D eigenvalue weighted by Crippen LogP contribution is 2.50. The number of hydrogen-bond acceptors (Lipinski definition) is 5. The maximum atomic E-state index is 12.8. The fourth-order valence-electron chi connectivity index (χ4n) is 4.87. The fourth-order valence-corrected chi connectivity index (χ4v) is 5.80. The highest BCUT2D eigenvalue weighted by Gasteiger charge is 2.37. The Morgan fingerprint density at radius 1 is 0.970 bits per heavy atom. The van der Waals surface area contributed by atoms with Gasteiger partial charge in [-0.05, 0) is 67.0 Å². The van der Waals surface area contributed by atoms with E-state index in [0.29, 0.717) is 24.2 Å². The molecular formula is C28H32N2O2S. The summed E-state index contributed by atoms with van der Waals surface area (Å²) >= 11 is 1.68. The molecule has 1 aromatic carbocycles. The van der Waals surface area contributed by atoms with Gasteiger partial charge >= 0.3 is 0 Å². The normalized spacial score (nSPS) is 17.3. The van der Waals surface area contributed by atoms with E-state index in [9.17, 15) is 9.59 Å². The number of fused-ring (bicyclic) bond motifs is 3. The highest BCUT2D eigenvalue weighted by atomic mass is 32.1. The topological polar surface area (TPSA) is 59.4 Å². The first-order valence-electron chi connectivity index (χ1n) is 12.0. The van der Waals surface area contributed by atoms with Crippen LogP contribution in [0.25, 0.3) is 21.2 Å². The van der Waals surface area contributed by atoms with Gasteiger partial charge in [0.25, 0.3) is 0 Å². The Morgan fingerprint density at radius 3 is 2.18 bits per heavy atom. The Bertz CT molecular complexity index is 1230. The number of rotatable bonds is 9. The van der Waals surface area contributed by atoms with E-state index in [2.05, 4.69) is 43.3 Å². The second-order valence-corrected chi connectivity index (χ2v) is 10.2. The molecule has 3 aromatic rings. The molecule has 0 fully saturated rings. The Hall–Kier alpha value is -2.66. The molecule has 4 rings (SSSR count). The summed E-state index contributed by atoms with van der Waals surface area (Å²) in [6.45, 7) is 10.6. The van der Waals surface area contributed by atoms with E-state index in [4.69, 9.17) is 4.99 Å². The first-order chi connectivity index (χ1) is 15.8. The molecule has 2 aromatic heterocycles. The zero-order valence-electron chi connectivity index (χ0n) is 20.2. The van der Waals surface area contributed by atoms with Crippen LogP contribution in [0, 0.1) is 0 Å². The largest absolute Gasteiger partial charge is 0.292 e. The Morgan fingerprint density at radius 2 is 1.61 bits per heavy atom. The summed E-state index contributed by atoms with van der Waals surface area (Å²) < 4.78 is 1.14. The number of carbonyl (C=O) groups is 2. The number of carbonyl (C=O) groups excluding carboxylic acids is 2. The predicted octanol–water partition coefficient (Wildman–Crippen LogP) is 8.09. The smallest absolute Gasteiger partial charge is 0.181 e. The van der Waals surface area contributed by atoms with Crippen molar-refractivity contribution in [1.82, 2.24) is 4.98 Å². The maximum absolute atomic E-state index is 12.8. The maximum Gasteiger partial charge on any atom is 0.181 e. The van der Waals surface area contributed by atoms with E-state index in [1.54, 1.807) is 11.3 Å². The van der Waals surface area contributed by atoms with Gasteiger partial charge in [0, 0.05) is 39.6 Å². The van der Waals surface area contributed by atoms with Gasteiger partial charge in [0.05, 0.1) is 5.69 Å². The third-order valence-corrected chi connectivity index (χ3v) is 7.74.